The Morgan fingerprint density at radius 2 is 2.00 bits per heavy atom. The van der Waals surface area contributed by atoms with E-state index < -0.39 is 0 Å². The number of benzene rings is 1. The summed E-state index contributed by atoms with van der Waals surface area (Å²) in [5.74, 6) is 0.797. The zero-order valence-corrected chi connectivity index (χ0v) is 24.9. The number of piperazine rings is 1. The molecule has 222 valence electrons. The van der Waals surface area contributed by atoms with Crippen LogP contribution in [0.2, 0.25) is 0 Å². The largest absolute Gasteiger partial charge is 0.462 e. The molecule has 9 heteroatoms. The van der Waals surface area contributed by atoms with Crippen LogP contribution in [0.5, 0.6) is 6.01 Å². The summed E-state index contributed by atoms with van der Waals surface area (Å²) in [5, 5.41) is 9.54. The van der Waals surface area contributed by atoms with Crippen LogP contribution in [0.3, 0.4) is 0 Å². The minimum atomic E-state index is -0.206. The standard InChI is InChI=1S/C33H43N7O2/c1-3-31(41)40-20-19-38(22-26(40)15-16-34)32-28-14-13-25(39-18-7-10-24-9-5-6-12-30(24)39)21-29(28)35-33(36-32)42-23-27-11-8-17-37(27)4-2/h3,5-6,9,12,25-27H,1,4,7-8,10-11,13-15,17-23H2,2H3. The summed E-state index contributed by atoms with van der Waals surface area (Å²) in [6.07, 6.45) is 9.07. The monoisotopic (exact) mass is 569 g/mol. The summed E-state index contributed by atoms with van der Waals surface area (Å²) < 4.78 is 6.37. The number of carbonyl (C=O) groups is 1. The number of likely N-dealkylation sites (tertiary alicyclic amines) is 1. The van der Waals surface area contributed by atoms with Gasteiger partial charge in [-0.1, -0.05) is 31.7 Å². The van der Waals surface area contributed by atoms with Crippen LogP contribution in [0.25, 0.3) is 0 Å². The number of para-hydroxylation sites is 1. The SMILES string of the molecule is C=CC(=O)N1CCN(c2nc(OCC3CCCN3CC)nc3c2CCC(N2CCCc4ccccc42)C3)CC1CC#N. The van der Waals surface area contributed by atoms with E-state index in [0.29, 0.717) is 44.3 Å². The van der Waals surface area contributed by atoms with Crippen molar-refractivity contribution in [3.8, 4) is 12.1 Å². The lowest BCUT2D eigenvalue weighted by Gasteiger charge is -2.43. The molecule has 2 fully saturated rings. The first-order valence-electron chi connectivity index (χ1n) is 15.8. The highest BCUT2D eigenvalue weighted by molar-refractivity contribution is 5.87. The maximum Gasteiger partial charge on any atom is 0.318 e. The van der Waals surface area contributed by atoms with E-state index in [1.165, 1.54) is 35.7 Å². The first-order valence-corrected chi connectivity index (χ1v) is 15.8. The highest BCUT2D eigenvalue weighted by Crippen LogP contribution is 2.37. The Labute approximate surface area is 249 Å². The Balaban J connectivity index is 1.29. The molecule has 1 aromatic heterocycles. The third-order valence-electron chi connectivity index (χ3n) is 9.67. The molecular formula is C33H43N7O2. The molecule has 1 aliphatic carbocycles. The van der Waals surface area contributed by atoms with Gasteiger partial charge in [0.1, 0.15) is 12.4 Å². The Morgan fingerprint density at radius 1 is 1.12 bits per heavy atom. The number of hydrogen-bond acceptors (Lipinski definition) is 8. The van der Waals surface area contributed by atoms with Gasteiger partial charge in [0.15, 0.2) is 0 Å². The number of aryl methyl sites for hydroxylation is 1. The second-order valence-corrected chi connectivity index (χ2v) is 12.0. The number of rotatable bonds is 8. The van der Waals surface area contributed by atoms with Gasteiger partial charge in [0.25, 0.3) is 0 Å². The molecule has 2 saturated heterocycles. The van der Waals surface area contributed by atoms with Gasteiger partial charge in [-0.3, -0.25) is 9.69 Å². The van der Waals surface area contributed by atoms with E-state index in [4.69, 9.17) is 14.7 Å². The fourth-order valence-electron chi connectivity index (χ4n) is 7.50. The fraction of sp³-hybridized carbons (Fsp3) is 0.576. The third kappa shape index (κ3) is 5.69. The van der Waals surface area contributed by atoms with Crippen LogP contribution in [0.15, 0.2) is 36.9 Å². The molecule has 3 unspecified atom stereocenters. The first-order chi connectivity index (χ1) is 20.6. The summed E-state index contributed by atoms with van der Waals surface area (Å²) in [7, 11) is 0. The Bertz CT molecular complexity index is 1340. The van der Waals surface area contributed by atoms with Crippen molar-refractivity contribution in [2.24, 2.45) is 0 Å². The molecule has 0 bridgehead atoms. The first kappa shape index (κ1) is 28.5. The lowest BCUT2D eigenvalue weighted by Crippen LogP contribution is -2.55. The molecule has 9 nitrogen and oxygen atoms in total. The number of nitrogens with zero attached hydrogens (tertiary/aromatic N) is 7. The van der Waals surface area contributed by atoms with Crippen molar-refractivity contribution >= 4 is 17.4 Å². The van der Waals surface area contributed by atoms with Crippen molar-refractivity contribution in [2.75, 3.05) is 55.7 Å². The number of amides is 1. The van der Waals surface area contributed by atoms with E-state index in [-0.39, 0.29) is 18.4 Å². The van der Waals surface area contributed by atoms with Crippen LogP contribution in [0.4, 0.5) is 11.5 Å². The van der Waals surface area contributed by atoms with Gasteiger partial charge in [-0.05, 0) is 69.3 Å². The predicted molar refractivity (Wildman–Crippen MR) is 164 cm³/mol. The molecule has 2 aromatic rings. The Hall–Kier alpha value is -3.64. The average Bonchev–Trinajstić information content (AvgIpc) is 3.50. The van der Waals surface area contributed by atoms with Crippen LogP contribution in [-0.4, -0.2) is 89.7 Å². The molecule has 0 spiro atoms. The Morgan fingerprint density at radius 3 is 2.83 bits per heavy atom. The van der Waals surface area contributed by atoms with E-state index in [1.807, 2.05) is 0 Å². The van der Waals surface area contributed by atoms with Crippen LogP contribution >= 0.6 is 0 Å². The van der Waals surface area contributed by atoms with Crippen molar-refractivity contribution in [1.29, 1.82) is 5.26 Å². The van der Waals surface area contributed by atoms with Crippen molar-refractivity contribution < 1.29 is 9.53 Å². The van der Waals surface area contributed by atoms with Gasteiger partial charge in [-0.15, -0.1) is 0 Å². The average molecular weight is 570 g/mol. The van der Waals surface area contributed by atoms with Gasteiger partial charge in [0.05, 0.1) is 24.2 Å². The number of carbonyl (C=O) groups excluding carboxylic acids is 1. The number of anilines is 2. The van der Waals surface area contributed by atoms with Gasteiger partial charge in [-0.2, -0.15) is 15.2 Å². The number of hydrogen-bond donors (Lipinski definition) is 0. The highest BCUT2D eigenvalue weighted by Gasteiger charge is 2.35. The van der Waals surface area contributed by atoms with Gasteiger partial charge in [-0.25, -0.2) is 0 Å². The molecular weight excluding hydrogens is 526 g/mol. The molecule has 0 radical (unpaired) electrons. The van der Waals surface area contributed by atoms with Crippen molar-refractivity contribution in [1.82, 2.24) is 19.8 Å². The van der Waals surface area contributed by atoms with Gasteiger partial charge >= 0.3 is 6.01 Å². The fourth-order valence-corrected chi connectivity index (χ4v) is 7.50. The summed E-state index contributed by atoms with van der Waals surface area (Å²) in [5.41, 5.74) is 5.08. The maximum atomic E-state index is 12.5. The second-order valence-electron chi connectivity index (χ2n) is 12.0. The summed E-state index contributed by atoms with van der Waals surface area (Å²) in [6, 6.07) is 12.1. The Kier molecular flexibility index (Phi) is 8.61. The smallest absolute Gasteiger partial charge is 0.318 e. The third-order valence-corrected chi connectivity index (χ3v) is 9.67. The quantitative estimate of drug-likeness (QED) is 0.444. The summed E-state index contributed by atoms with van der Waals surface area (Å²) >= 11 is 0. The van der Waals surface area contributed by atoms with Gasteiger partial charge in [0.2, 0.25) is 5.91 Å². The number of nitriles is 1. The van der Waals surface area contributed by atoms with Crippen molar-refractivity contribution in [2.45, 2.75) is 76.4 Å². The molecule has 0 N–H and O–H groups in total. The lowest BCUT2D eigenvalue weighted by molar-refractivity contribution is -0.128. The van der Waals surface area contributed by atoms with E-state index in [2.05, 4.69) is 58.5 Å². The van der Waals surface area contributed by atoms with E-state index in [0.717, 1.165) is 63.3 Å². The summed E-state index contributed by atoms with van der Waals surface area (Å²) in [4.78, 5) is 31.8. The van der Waals surface area contributed by atoms with E-state index in [9.17, 15) is 10.1 Å². The molecule has 3 aliphatic heterocycles. The zero-order chi connectivity index (χ0) is 29.1. The normalized spacial score (nSPS) is 24.1. The topological polar surface area (TPSA) is 88.8 Å². The van der Waals surface area contributed by atoms with E-state index >= 15 is 0 Å². The van der Waals surface area contributed by atoms with Crippen molar-refractivity contribution in [3.63, 3.8) is 0 Å². The molecule has 42 heavy (non-hydrogen) atoms. The van der Waals surface area contributed by atoms with Crippen molar-refractivity contribution in [3.05, 3.63) is 53.7 Å². The predicted octanol–water partition coefficient (Wildman–Crippen LogP) is 3.77. The minimum Gasteiger partial charge on any atom is -0.462 e. The van der Waals surface area contributed by atoms with Crippen LogP contribution in [0.1, 0.15) is 55.8 Å². The molecule has 3 atom stereocenters. The highest BCUT2D eigenvalue weighted by atomic mass is 16.5. The number of aromatic nitrogens is 2. The van der Waals surface area contributed by atoms with Gasteiger partial charge < -0.3 is 19.4 Å². The number of fused-ring (bicyclic) bond motifs is 2. The van der Waals surface area contributed by atoms with Crippen LogP contribution in [0, 0.1) is 11.3 Å². The van der Waals surface area contributed by atoms with Crippen LogP contribution in [-0.2, 0) is 24.1 Å². The minimum absolute atomic E-state index is 0.120. The number of ether oxygens (including phenoxy) is 1. The molecule has 6 rings (SSSR count). The summed E-state index contributed by atoms with van der Waals surface area (Å²) in [6.45, 7) is 11.4. The zero-order valence-electron chi connectivity index (χ0n) is 24.9. The maximum absolute atomic E-state index is 12.5. The van der Waals surface area contributed by atoms with Crippen LogP contribution < -0.4 is 14.5 Å². The molecule has 4 aliphatic rings. The second kappa shape index (κ2) is 12.7. The van der Waals surface area contributed by atoms with E-state index in [1.54, 1.807) is 4.90 Å². The lowest BCUT2D eigenvalue weighted by atomic mass is 9.88. The number of likely N-dealkylation sites (N-methyl/N-ethyl adjacent to an activating group) is 1. The molecule has 0 saturated carbocycles. The molecule has 1 amide bonds. The molecule has 4 heterocycles. The molecule has 1 aromatic carbocycles. The van der Waals surface area contributed by atoms with Gasteiger partial charge in [0, 0.05) is 55.9 Å².